The lowest BCUT2D eigenvalue weighted by atomic mass is 10.1. The van der Waals surface area contributed by atoms with E-state index >= 15 is 0 Å². The van der Waals surface area contributed by atoms with Gasteiger partial charge in [0.1, 0.15) is 6.54 Å². The third kappa shape index (κ3) is 6.08. The van der Waals surface area contributed by atoms with Crippen molar-refractivity contribution < 1.29 is 22.7 Å². The number of benzene rings is 3. The lowest BCUT2D eigenvalue weighted by molar-refractivity contribution is -0.114. The first kappa shape index (κ1) is 26.0. The van der Waals surface area contributed by atoms with Crippen molar-refractivity contribution in [1.29, 1.82) is 0 Å². The predicted octanol–water partition coefficient (Wildman–Crippen LogP) is 4.93. The van der Waals surface area contributed by atoms with E-state index in [1.165, 1.54) is 18.2 Å². The summed E-state index contributed by atoms with van der Waals surface area (Å²) in [6.07, 6.45) is 0. The largest absolute Gasteiger partial charge is 0.462 e. The fourth-order valence-corrected chi connectivity index (χ4v) is 5.02. The van der Waals surface area contributed by atoms with E-state index < -0.39 is 28.4 Å². The Morgan fingerprint density at radius 1 is 0.857 bits per heavy atom. The van der Waals surface area contributed by atoms with Crippen LogP contribution in [-0.4, -0.2) is 33.4 Å². The Hall–Kier alpha value is -3.65. The van der Waals surface area contributed by atoms with Gasteiger partial charge >= 0.3 is 5.97 Å². The molecule has 0 heterocycles. The molecule has 0 unspecified atom stereocenters. The van der Waals surface area contributed by atoms with Crippen molar-refractivity contribution in [3.05, 3.63) is 88.5 Å². The Labute approximate surface area is 206 Å². The van der Waals surface area contributed by atoms with Gasteiger partial charge in [0.2, 0.25) is 5.91 Å². The molecule has 184 valence electrons. The van der Waals surface area contributed by atoms with Crippen molar-refractivity contribution in [2.24, 2.45) is 0 Å². The number of anilines is 2. The molecule has 0 atom stereocenters. The van der Waals surface area contributed by atoms with E-state index in [1.54, 1.807) is 51.1 Å². The molecular weight excluding hydrogens is 464 g/mol. The highest BCUT2D eigenvalue weighted by atomic mass is 32.2. The van der Waals surface area contributed by atoms with E-state index in [2.05, 4.69) is 5.32 Å². The van der Waals surface area contributed by atoms with Crippen LogP contribution in [0.15, 0.2) is 65.6 Å². The number of hydrogen-bond acceptors (Lipinski definition) is 5. The normalized spacial score (nSPS) is 11.1. The molecule has 1 amide bonds. The van der Waals surface area contributed by atoms with Gasteiger partial charge in [0, 0.05) is 5.69 Å². The Morgan fingerprint density at radius 2 is 1.49 bits per heavy atom. The Balaban J connectivity index is 1.98. The third-order valence-electron chi connectivity index (χ3n) is 5.55. The molecule has 3 aromatic rings. The zero-order valence-corrected chi connectivity index (χ0v) is 21.4. The van der Waals surface area contributed by atoms with Gasteiger partial charge < -0.3 is 10.1 Å². The lowest BCUT2D eigenvalue weighted by Crippen LogP contribution is -2.38. The predicted molar refractivity (Wildman–Crippen MR) is 137 cm³/mol. The highest BCUT2D eigenvalue weighted by Gasteiger charge is 2.28. The average Bonchev–Trinajstić information content (AvgIpc) is 2.81. The molecule has 0 aliphatic rings. The molecular formula is C27H30N2O5S. The number of nitrogens with zero attached hydrogens (tertiary/aromatic N) is 1. The molecule has 3 rings (SSSR count). The van der Waals surface area contributed by atoms with Crippen molar-refractivity contribution in [2.45, 2.75) is 39.5 Å². The first-order valence-corrected chi connectivity index (χ1v) is 12.7. The summed E-state index contributed by atoms with van der Waals surface area (Å²) in [4.78, 5) is 25.4. The molecule has 3 aromatic carbocycles. The summed E-state index contributed by atoms with van der Waals surface area (Å²) >= 11 is 0. The zero-order chi connectivity index (χ0) is 25.8. The van der Waals surface area contributed by atoms with Gasteiger partial charge in [-0.25, -0.2) is 13.2 Å². The van der Waals surface area contributed by atoms with E-state index in [-0.39, 0.29) is 11.5 Å². The van der Waals surface area contributed by atoms with Gasteiger partial charge in [-0.3, -0.25) is 9.10 Å². The van der Waals surface area contributed by atoms with E-state index in [9.17, 15) is 18.0 Å². The van der Waals surface area contributed by atoms with Crippen LogP contribution in [0.3, 0.4) is 0 Å². The molecule has 0 aromatic heterocycles. The van der Waals surface area contributed by atoms with E-state index in [4.69, 9.17) is 4.74 Å². The quantitative estimate of drug-likeness (QED) is 0.448. The standard InChI is InChI=1S/C27H30N2O5S/c1-6-34-27(31)22-12-11-20(4)24(16-22)28-26(30)17-29(25-15-19(3)7-10-21(25)5)35(32,33)23-13-8-18(2)9-14-23/h7-16H,6,17H2,1-5H3,(H,28,30). The van der Waals surface area contributed by atoms with Crippen molar-refractivity contribution in [3.8, 4) is 0 Å². The summed E-state index contributed by atoms with van der Waals surface area (Å²) in [5.41, 5.74) is 4.38. The van der Waals surface area contributed by atoms with Gasteiger partial charge in [-0.1, -0.05) is 35.9 Å². The third-order valence-corrected chi connectivity index (χ3v) is 7.33. The number of amides is 1. The van der Waals surface area contributed by atoms with Gasteiger partial charge in [0.15, 0.2) is 0 Å². The summed E-state index contributed by atoms with van der Waals surface area (Å²) in [7, 11) is -4.04. The van der Waals surface area contributed by atoms with Crippen molar-refractivity contribution in [1.82, 2.24) is 0 Å². The number of carbonyl (C=O) groups is 2. The second-order valence-electron chi connectivity index (χ2n) is 8.41. The molecule has 35 heavy (non-hydrogen) atoms. The summed E-state index contributed by atoms with van der Waals surface area (Å²) in [6.45, 7) is 8.83. The fraction of sp³-hybridized carbons (Fsp3) is 0.259. The van der Waals surface area contributed by atoms with Crippen LogP contribution in [0.1, 0.15) is 39.5 Å². The maximum Gasteiger partial charge on any atom is 0.338 e. The van der Waals surface area contributed by atoms with Gasteiger partial charge in [-0.2, -0.15) is 0 Å². The number of ether oxygens (including phenoxy) is 1. The monoisotopic (exact) mass is 494 g/mol. The van der Waals surface area contributed by atoms with Gasteiger partial charge in [-0.15, -0.1) is 0 Å². The highest BCUT2D eigenvalue weighted by Crippen LogP contribution is 2.28. The maximum absolute atomic E-state index is 13.7. The van der Waals surface area contributed by atoms with E-state index in [0.29, 0.717) is 16.9 Å². The Morgan fingerprint density at radius 3 is 2.14 bits per heavy atom. The Kier molecular flexibility index (Phi) is 7.96. The lowest BCUT2D eigenvalue weighted by Gasteiger charge is -2.26. The second-order valence-corrected chi connectivity index (χ2v) is 10.3. The number of sulfonamides is 1. The van der Waals surface area contributed by atoms with Crippen LogP contribution >= 0.6 is 0 Å². The molecule has 0 aliphatic heterocycles. The molecule has 8 heteroatoms. The average molecular weight is 495 g/mol. The molecule has 1 N–H and O–H groups in total. The van der Waals surface area contributed by atoms with Crippen molar-refractivity contribution >= 4 is 33.3 Å². The van der Waals surface area contributed by atoms with Crippen LogP contribution in [0.25, 0.3) is 0 Å². The van der Waals surface area contributed by atoms with Crippen LogP contribution in [0.4, 0.5) is 11.4 Å². The van der Waals surface area contributed by atoms with Crippen LogP contribution in [0.2, 0.25) is 0 Å². The molecule has 0 saturated carbocycles. The molecule has 0 saturated heterocycles. The summed E-state index contributed by atoms with van der Waals surface area (Å²) in [6, 6.07) is 16.8. The van der Waals surface area contributed by atoms with Crippen LogP contribution in [0.5, 0.6) is 0 Å². The van der Waals surface area contributed by atoms with Gasteiger partial charge in [0.05, 0.1) is 22.8 Å². The van der Waals surface area contributed by atoms with E-state index in [0.717, 1.165) is 26.6 Å². The first-order valence-electron chi connectivity index (χ1n) is 11.3. The zero-order valence-electron chi connectivity index (χ0n) is 20.6. The minimum absolute atomic E-state index is 0.0947. The topological polar surface area (TPSA) is 92.8 Å². The number of carbonyl (C=O) groups excluding carboxylic acids is 2. The second kappa shape index (κ2) is 10.7. The summed E-state index contributed by atoms with van der Waals surface area (Å²) < 4.78 is 33.5. The number of aryl methyl sites for hydroxylation is 4. The minimum Gasteiger partial charge on any atom is -0.462 e. The maximum atomic E-state index is 13.7. The molecule has 0 aliphatic carbocycles. The SMILES string of the molecule is CCOC(=O)c1ccc(C)c(NC(=O)CN(c2cc(C)ccc2C)S(=O)(=O)c2ccc(C)cc2)c1. The van der Waals surface area contributed by atoms with Crippen molar-refractivity contribution in [2.75, 3.05) is 22.8 Å². The number of rotatable bonds is 8. The smallest absolute Gasteiger partial charge is 0.338 e. The first-order chi connectivity index (χ1) is 16.5. The minimum atomic E-state index is -4.04. The molecule has 0 bridgehead atoms. The highest BCUT2D eigenvalue weighted by molar-refractivity contribution is 7.92. The molecule has 0 fully saturated rings. The number of esters is 1. The van der Waals surface area contributed by atoms with Crippen LogP contribution in [0, 0.1) is 27.7 Å². The van der Waals surface area contributed by atoms with Crippen LogP contribution in [-0.2, 0) is 19.6 Å². The number of nitrogens with one attached hydrogen (secondary N) is 1. The molecule has 7 nitrogen and oxygen atoms in total. The summed E-state index contributed by atoms with van der Waals surface area (Å²) in [5, 5.41) is 2.76. The fourth-order valence-electron chi connectivity index (χ4n) is 3.54. The van der Waals surface area contributed by atoms with Gasteiger partial charge in [-0.05, 0) is 81.6 Å². The Bertz CT molecular complexity index is 1350. The number of hydrogen-bond donors (Lipinski definition) is 1. The summed E-state index contributed by atoms with van der Waals surface area (Å²) in [5.74, 6) is -1.03. The molecule has 0 spiro atoms. The molecule has 0 radical (unpaired) electrons. The van der Waals surface area contributed by atoms with E-state index in [1.807, 2.05) is 26.0 Å². The van der Waals surface area contributed by atoms with Crippen LogP contribution < -0.4 is 9.62 Å². The van der Waals surface area contributed by atoms with Gasteiger partial charge in [0.25, 0.3) is 10.0 Å². The van der Waals surface area contributed by atoms with Crippen molar-refractivity contribution in [3.63, 3.8) is 0 Å².